The Balaban J connectivity index is 0.00000107. The average Bonchev–Trinajstić information content (AvgIpc) is 3.44. The summed E-state index contributed by atoms with van der Waals surface area (Å²) in [4.78, 5) is 39.3. The van der Waals surface area contributed by atoms with E-state index in [1.165, 1.54) is 30.6 Å². The van der Waals surface area contributed by atoms with E-state index in [2.05, 4.69) is 4.90 Å². The Labute approximate surface area is 220 Å². The summed E-state index contributed by atoms with van der Waals surface area (Å²) in [6.07, 6.45) is 7.64. The van der Waals surface area contributed by atoms with E-state index in [0.29, 0.717) is 12.6 Å². The summed E-state index contributed by atoms with van der Waals surface area (Å²) in [7, 11) is 0. The lowest BCUT2D eigenvalue weighted by atomic mass is 10.0. The lowest BCUT2D eigenvalue weighted by Crippen LogP contribution is -2.52. The quantitative estimate of drug-likeness (QED) is 0.591. The molecule has 0 unspecified atom stereocenters. The van der Waals surface area contributed by atoms with E-state index in [9.17, 15) is 18.4 Å². The fraction of sp³-hybridized carbons (Fsp3) is 0.464. The van der Waals surface area contributed by atoms with Gasteiger partial charge in [-0.2, -0.15) is 0 Å². The monoisotopic (exact) mass is 529 g/mol. The van der Waals surface area contributed by atoms with Crippen LogP contribution in [0.4, 0.5) is 14.5 Å². The van der Waals surface area contributed by atoms with Gasteiger partial charge in [-0.3, -0.25) is 14.4 Å². The number of amides is 2. The highest BCUT2D eigenvalue weighted by molar-refractivity contribution is 6.01. The minimum Gasteiger partial charge on any atom is -0.490 e. The number of anilines is 1. The van der Waals surface area contributed by atoms with Crippen LogP contribution in [0.2, 0.25) is 0 Å². The van der Waals surface area contributed by atoms with Gasteiger partial charge in [-0.1, -0.05) is 12.8 Å². The molecule has 1 N–H and O–H groups in total. The van der Waals surface area contributed by atoms with Crippen molar-refractivity contribution in [3.63, 3.8) is 0 Å². The molecule has 5 rings (SSSR count). The Morgan fingerprint density at radius 3 is 2.11 bits per heavy atom. The summed E-state index contributed by atoms with van der Waals surface area (Å²) >= 11 is 0. The third-order valence-electron chi connectivity index (χ3n) is 7.39. The number of nitrogens with zero attached hydrogens (tertiary/aromatic N) is 3. The molecule has 2 amide bonds. The SMILES string of the molecule is O=C(c1cc(F)cc(F)c1)N1CCN(c2ccc(OC3CCN(C4CCCC4)CC3)cc2)C(=O)C1.O=CO. The van der Waals surface area contributed by atoms with Gasteiger partial charge in [0, 0.05) is 49.5 Å². The molecule has 2 aliphatic heterocycles. The molecule has 3 fully saturated rings. The molecule has 2 heterocycles. The molecule has 0 aromatic heterocycles. The van der Waals surface area contributed by atoms with E-state index >= 15 is 0 Å². The predicted octanol–water partition coefficient (Wildman–Crippen LogP) is 3.94. The Hall–Kier alpha value is -3.53. The van der Waals surface area contributed by atoms with Crippen molar-refractivity contribution in [1.29, 1.82) is 0 Å². The molecule has 2 aromatic carbocycles. The smallest absolute Gasteiger partial charge is 0.290 e. The molecule has 0 radical (unpaired) electrons. The third-order valence-corrected chi connectivity index (χ3v) is 7.39. The number of carbonyl (C=O) groups is 3. The zero-order chi connectivity index (χ0) is 27.1. The first-order chi connectivity index (χ1) is 18.4. The molecule has 2 saturated heterocycles. The Kier molecular flexibility index (Phi) is 9.28. The number of rotatable bonds is 5. The molecule has 10 heteroatoms. The van der Waals surface area contributed by atoms with E-state index < -0.39 is 17.5 Å². The van der Waals surface area contributed by atoms with Crippen LogP contribution in [0.3, 0.4) is 0 Å². The second-order valence-corrected chi connectivity index (χ2v) is 9.82. The molecular formula is C28H33F2N3O5. The summed E-state index contributed by atoms with van der Waals surface area (Å²) < 4.78 is 33.2. The van der Waals surface area contributed by atoms with E-state index in [0.717, 1.165) is 55.5 Å². The number of halogens is 2. The van der Waals surface area contributed by atoms with Gasteiger partial charge in [0.2, 0.25) is 5.91 Å². The van der Waals surface area contributed by atoms with Gasteiger partial charge in [-0.25, -0.2) is 8.78 Å². The third kappa shape index (κ3) is 6.86. The number of benzene rings is 2. The van der Waals surface area contributed by atoms with Crippen LogP contribution in [0, 0.1) is 11.6 Å². The zero-order valence-corrected chi connectivity index (χ0v) is 21.2. The maximum Gasteiger partial charge on any atom is 0.290 e. The van der Waals surface area contributed by atoms with Crippen LogP contribution in [-0.4, -0.2) is 78.1 Å². The molecule has 2 aromatic rings. The molecule has 0 bridgehead atoms. The summed E-state index contributed by atoms with van der Waals surface area (Å²) in [5.41, 5.74) is 0.640. The van der Waals surface area contributed by atoms with Crippen LogP contribution in [0.5, 0.6) is 5.75 Å². The van der Waals surface area contributed by atoms with Crippen LogP contribution in [-0.2, 0) is 9.59 Å². The minimum atomic E-state index is -0.819. The average molecular weight is 530 g/mol. The number of hydrogen-bond acceptors (Lipinski definition) is 5. The fourth-order valence-corrected chi connectivity index (χ4v) is 5.50. The van der Waals surface area contributed by atoms with Crippen molar-refractivity contribution in [3.8, 4) is 5.75 Å². The lowest BCUT2D eigenvalue weighted by molar-refractivity contribution is -0.123. The van der Waals surface area contributed by atoms with Crippen molar-refractivity contribution >= 4 is 24.0 Å². The first kappa shape index (κ1) is 27.5. The van der Waals surface area contributed by atoms with E-state index in [1.807, 2.05) is 24.3 Å². The Bertz CT molecular complexity index is 1100. The number of carboxylic acid groups (broad SMARTS) is 1. The highest BCUT2D eigenvalue weighted by Crippen LogP contribution is 2.28. The summed E-state index contributed by atoms with van der Waals surface area (Å²) in [6.45, 7) is 2.37. The van der Waals surface area contributed by atoms with Gasteiger partial charge in [0.05, 0.1) is 0 Å². The van der Waals surface area contributed by atoms with Crippen molar-refractivity contribution in [3.05, 3.63) is 59.7 Å². The van der Waals surface area contributed by atoms with Gasteiger partial charge >= 0.3 is 0 Å². The molecule has 1 aliphatic carbocycles. The summed E-state index contributed by atoms with van der Waals surface area (Å²) in [5.74, 6) is -1.64. The maximum absolute atomic E-state index is 13.5. The van der Waals surface area contributed by atoms with Gasteiger partial charge in [0.1, 0.15) is 30.0 Å². The fourth-order valence-electron chi connectivity index (χ4n) is 5.50. The topological polar surface area (TPSA) is 90.4 Å². The minimum absolute atomic E-state index is 0.0978. The molecule has 8 nitrogen and oxygen atoms in total. The second kappa shape index (κ2) is 12.8. The van der Waals surface area contributed by atoms with Gasteiger partial charge < -0.3 is 24.5 Å². The number of ether oxygens (including phenoxy) is 1. The molecule has 0 spiro atoms. The van der Waals surface area contributed by atoms with Crippen LogP contribution in [0.1, 0.15) is 48.9 Å². The Morgan fingerprint density at radius 1 is 0.921 bits per heavy atom. The molecule has 204 valence electrons. The highest BCUT2D eigenvalue weighted by atomic mass is 19.1. The van der Waals surface area contributed by atoms with Crippen LogP contribution in [0.15, 0.2) is 42.5 Å². The van der Waals surface area contributed by atoms with Crippen molar-refractivity contribution in [2.45, 2.75) is 50.7 Å². The lowest BCUT2D eigenvalue weighted by Gasteiger charge is -2.36. The van der Waals surface area contributed by atoms with Crippen molar-refractivity contribution < 1.29 is 33.0 Å². The second-order valence-electron chi connectivity index (χ2n) is 9.82. The number of carbonyl (C=O) groups excluding carboxylic acids is 2. The molecule has 38 heavy (non-hydrogen) atoms. The van der Waals surface area contributed by atoms with Gasteiger partial charge in [0.15, 0.2) is 0 Å². The van der Waals surface area contributed by atoms with E-state index in [1.54, 1.807) is 4.90 Å². The predicted molar refractivity (Wildman–Crippen MR) is 137 cm³/mol. The van der Waals surface area contributed by atoms with Crippen molar-refractivity contribution in [2.75, 3.05) is 37.6 Å². The number of likely N-dealkylation sites (tertiary alicyclic amines) is 1. The van der Waals surface area contributed by atoms with Crippen molar-refractivity contribution in [2.24, 2.45) is 0 Å². The first-order valence-electron chi connectivity index (χ1n) is 13.0. The highest BCUT2D eigenvalue weighted by Gasteiger charge is 2.30. The number of hydrogen-bond donors (Lipinski definition) is 1. The number of piperidine rings is 1. The van der Waals surface area contributed by atoms with Crippen molar-refractivity contribution in [1.82, 2.24) is 9.80 Å². The summed E-state index contributed by atoms with van der Waals surface area (Å²) in [5, 5.41) is 6.89. The standard InChI is InChI=1S/C27H31F2N3O3.CH2O2/c28-20-15-19(16-21(29)17-20)27(34)31-13-14-32(26(33)18-31)23-5-7-24(8-6-23)35-25-9-11-30(12-10-25)22-3-1-2-4-22;2-1-3/h5-8,15-17,22,25H,1-4,9-14,18H2;1H,(H,2,3). The van der Waals surface area contributed by atoms with Gasteiger partial charge in [-0.15, -0.1) is 0 Å². The molecule has 0 atom stereocenters. The van der Waals surface area contributed by atoms with Gasteiger partial charge in [-0.05, 0) is 62.1 Å². The van der Waals surface area contributed by atoms with Crippen LogP contribution in [0.25, 0.3) is 0 Å². The Morgan fingerprint density at radius 2 is 1.53 bits per heavy atom. The maximum atomic E-state index is 13.5. The van der Waals surface area contributed by atoms with Gasteiger partial charge in [0.25, 0.3) is 12.4 Å². The van der Waals surface area contributed by atoms with Crippen LogP contribution >= 0.6 is 0 Å². The van der Waals surface area contributed by atoms with E-state index in [-0.39, 0.29) is 37.1 Å². The van der Waals surface area contributed by atoms with E-state index in [4.69, 9.17) is 14.6 Å². The normalized spacial score (nSPS) is 19.2. The molecule has 1 saturated carbocycles. The molecular weight excluding hydrogens is 496 g/mol. The largest absolute Gasteiger partial charge is 0.490 e. The number of piperazine rings is 1. The van der Waals surface area contributed by atoms with Crippen LogP contribution < -0.4 is 9.64 Å². The molecule has 3 aliphatic rings. The zero-order valence-electron chi connectivity index (χ0n) is 21.2. The first-order valence-corrected chi connectivity index (χ1v) is 13.0. The summed E-state index contributed by atoms with van der Waals surface area (Å²) in [6, 6.07) is 10.9.